The Bertz CT molecular complexity index is 1100. The average molecular weight is 425 g/mol. The molecular formula is C22H21ClN4O3. The molecule has 0 aliphatic heterocycles. The number of phenols is 1. The van der Waals surface area contributed by atoms with Crippen molar-refractivity contribution < 1.29 is 14.7 Å². The molecule has 30 heavy (non-hydrogen) atoms. The number of carbonyl (C=O) groups is 2. The second-order valence-corrected chi connectivity index (χ2v) is 7.61. The summed E-state index contributed by atoms with van der Waals surface area (Å²) in [4.78, 5) is 24.9. The second kappa shape index (κ2) is 8.20. The molecule has 0 atom stereocenters. The van der Waals surface area contributed by atoms with Gasteiger partial charge in [-0.05, 0) is 68.3 Å². The van der Waals surface area contributed by atoms with Gasteiger partial charge in [-0.25, -0.2) is 4.79 Å². The van der Waals surface area contributed by atoms with E-state index in [4.69, 9.17) is 11.6 Å². The van der Waals surface area contributed by atoms with E-state index in [1.165, 1.54) is 10.7 Å². The predicted molar refractivity (Wildman–Crippen MR) is 115 cm³/mol. The molecule has 1 aliphatic rings. The van der Waals surface area contributed by atoms with Gasteiger partial charge in [-0.15, -0.1) is 0 Å². The lowest BCUT2D eigenvalue weighted by Gasteiger charge is -2.08. The lowest BCUT2D eigenvalue weighted by Crippen LogP contribution is -2.30. The Hall–Kier alpha value is -3.32. The molecule has 7 nitrogen and oxygen atoms in total. The Labute approximate surface area is 178 Å². The highest BCUT2D eigenvalue weighted by Gasteiger charge is 2.30. The molecule has 8 heteroatoms. The van der Waals surface area contributed by atoms with Crippen LogP contribution in [-0.2, 0) is 0 Å². The Morgan fingerprint density at radius 3 is 2.57 bits per heavy atom. The van der Waals surface area contributed by atoms with E-state index >= 15 is 0 Å². The minimum Gasteiger partial charge on any atom is -0.507 e. The van der Waals surface area contributed by atoms with Crippen molar-refractivity contribution in [3.63, 3.8) is 0 Å². The van der Waals surface area contributed by atoms with Gasteiger partial charge in [0.2, 0.25) is 0 Å². The highest BCUT2D eigenvalue weighted by Crippen LogP contribution is 2.42. The van der Waals surface area contributed by atoms with Crippen LogP contribution in [0.5, 0.6) is 5.75 Å². The molecule has 0 bridgehead atoms. The molecule has 4 rings (SSSR count). The lowest BCUT2D eigenvalue weighted by atomic mass is 10.1. The summed E-state index contributed by atoms with van der Waals surface area (Å²) in [5, 5.41) is 20.9. The Balaban J connectivity index is 1.63. The Morgan fingerprint density at radius 1 is 1.17 bits per heavy atom. The standard InChI is InChI=1S/C22H21ClN4O3/c1-2-24-22(30)27-19(13-3-4-13)12-18(26-27)17-11-16(9-10-20(17)28)25-21(29)14-5-7-15(23)8-6-14/h5-13,28H,2-4H2,1H3,(H,24,30)(H,25,29). The summed E-state index contributed by atoms with van der Waals surface area (Å²) >= 11 is 5.87. The highest BCUT2D eigenvalue weighted by atomic mass is 35.5. The zero-order chi connectivity index (χ0) is 21.3. The van der Waals surface area contributed by atoms with Gasteiger partial charge in [-0.1, -0.05) is 11.6 Å². The quantitative estimate of drug-likeness (QED) is 0.521. The molecule has 0 radical (unpaired) electrons. The normalized spacial score (nSPS) is 13.1. The second-order valence-electron chi connectivity index (χ2n) is 7.17. The van der Waals surface area contributed by atoms with E-state index in [0.29, 0.717) is 40.0 Å². The number of nitrogens with one attached hydrogen (secondary N) is 2. The van der Waals surface area contributed by atoms with Crippen LogP contribution >= 0.6 is 11.6 Å². The van der Waals surface area contributed by atoms with Gasteiger partial charge >= 0.3 is 6.03 Å². The van der Waals surface area contributed by atoms with Crippen LogP contribution in [0, 0.1) is 0 Å². The number of halogens is 1. The van der Waals surface area contributed by atoms with Gasteiger partial charge in [0.15, 0.2) is 0 Å². The summed E-state index contributed by atoms with van der Waals surface area (Å²) in [7, 11) is 0. The summed E-state index contributed by atoms with van der Waals surface area (Å²) in [6.07, 6.45) is 2.02. The number of hydrogen-bond acceptors (Lipinski definition) is 4. The van der Waals surface area contributed by atoms with Gasteiger partial charge in [-0.3, -0.25) is 4.79 Å². The summed E-state index contributed by atoms with van der Waals surface area (Å²) in [5.41, 5.74) is 2.71. The first-order valence-corrected chi connectivity index (χ1v) is 10.1. The number of aromatic hydroxyl groups is 1. The average Bonchev–Trinajstić information content (AvgIpc) is 3.48. The molecule has 1 heterocycles. The topological polar surface area (TPSA) is 96.3 Å². The monoisotopic (exact) mass is 424 g/mol. The van der Waals surface area contributed by atoms with Crippen molar-refractivity contribution in [1.82, 2.24) is 15.1 Å². The Morgan fingerprint density at radius 2 is 1.90 bits per heavy atom. The molecule has 3 N–H and O–H groups in total. The van der Waals surface area contributed by atoms with E-state index < -0.39 is 0 Å². The first-order chi connectivity index (χ1) is 14.5. The van der Waals surface area contributed by atoms with E-state index in [-0.39, 0.29) is 17.7 Å². The van der Waals surface area contributed by atoms with E-state index in [2.05, 4.69) is 15.7 Å². The molecule has 3 aromatic rings. The first-order valence-electron chi connectivity index (χ1n) is 9.74. The zero-order valence-electron chi connectivity index (χ0n) is 16.4. The molecule has 2 aromatic carbocycles. The van der Waals surface area contributed by atoms with Crippen LogP contribution < -0.4 is 10.6 Å². The summed E-state index contributed by atoms with van der Waals surface area (Å²) in [5.74, 6) is 0.0148. The van der Waals surface area contributed by atoms with Gasteiger partial charge in [0.25, 0.3) is 5.91 Å². The number of phenolic OH excluding ortho intramolecular Hbond substituents is 1. The summed E-state index contributed by atoms with van der Waals surface area (Å²) in [6.45, 7) is 2.34. The fraction of sp³-hybridized carbons (Fsp3) is 0.227. The number of carbonyl (C=O) groups excluding carboxylic acids is 2. The third-order valence-corrected chi connectivity index (χ3v) is 5.14. The van der Waals surface area contributed by atoms with Crippen molar-refractivity contribution in [2.75, 3.05) is 11.9 Å². The third-order valence-electron chi connectivity index (χ3n) is 4.89. The van der Waals surface area contributed by atoms with E-state index in [1.807, 2.05) is 13.0 Å². The van der Waals surface area contributed by atoms with Crippen LogP contribution in [0.15, 0.2) is 48.5 Å². The largest absolute Gasteiger partial charge is 0.507 e. The molecule has 1 fully saturated rings. The fourth-order valence-electron chi connectivity index (χ4n) is 3.21. The molecule has 1 saturated carbocycles. The maximum Gasteiger partial charge on any atom is 0.342 e. The lowest BCUT2D eigenvalue weighted by molar-refractivity contribution is 0.102. The van der Waals surface area contributed by atoms with Crippen molar-refractivity contribution in [3.05, 3.63) is 64.8 Å². The van der Waals surface area contributed by atoms with Crippen LogP contribution in [0.3, 0.4) is 0 Å². The molecule has 0 spiro atoms. The van der Waals surface area contributed by atoms with Crippen molar-refractivity contribution >= 4 is 29.2 Å². The number of aromatic nitrogens is 2. The minimum atomic E-state index is -0.296. The van der Waals surface area contributed by atoms with Crippen molar-refractivity contribution in [1.29, 1.82) is 0 Å². The molecular weight excluding hydrogens is 404 g/mol. The SMILES string of the molecule is CCNC(=O)n1nc(-c2cc(NC(=O)c3ccc(Cl)cc3)ccc2O)cc1C1CC1. The number of nitrogens with zero attached hydrogens (tertiary/aromatic N) is 2. The number of rotatable bonds is 5. The van der Waals surface area contributed by atoms with E-state index in [0.717, 1.165) is 18.5 Å². The number of hydrogen-bond donors (Lipinski definition) is 3. The molecule has 1 aromatic heterocycles. The molecule has 2 amide bonds. The van der Waals surface area contributed by atoms with Gasteiger partial charge < -0.3 is 15.7 Å². The zero-order valence-corrected chi connectivity index (χ0v) is 17.1. The molecule has 1 aliphatic carbocycles. The van der Waals surface area contributed by atoms with Crippen LogP contribution in [0.25, 0.3) is 11.3 Å². The van der Waals surface area contributed by atoms with Crippen LogP contribution in [0.1, 0.15) is 41.7 Å². The van der Waals surface area contributed by atoms with Crippen LogP contribution in [-0.4, -0.2) is 33.4 Å². The maximum atomic E-state index is 12.5. The molecule has 0 saturated heterocycles. The van der Waals surface area contributed by atoms with Crippen molar-refractivity contribution in [2.45, 2.75) is 25.7 Å². The van der Waals surface area contributed by atoms with Crippen LogP contribution in [0.2, 0.25) is 5.02 Å². The summed E-state index contributed by atoms with van der Waals surface area (Å²) in [6, 6.07) is 12.8. The Kier molecular flexibility index (Phi) is 5.46. The van der Waals surface area contributed by atoms with Crippen LogP contribution in [0.4, 0.5) is 10.5 Å². The minimum absolute atomic E-state index is 0.0161. The van der Waals surface area contributed by atoms with Gasteiger partial charge in [-0.2, -0.15) is 9.78 Å². The molecule has 0 unspecified atom stereocenters. The predicted octanol–water partition coefficient (Wildman–Crippen LogP) is 4.62. The van der Waals surface area contributed by atoms with Gasteiger partial charge in [0.05, 0.1) is 11.4 Å². The smallest absolute Gasteiger partial charge is 0.342 e. The highest BCUT2D eigenvalue weighted by molar-refractivity contribution is 6.30. The third kappa shape index (κ3) is 4.16. The number of amides is 2. The van der Waals surface area contributed by atoms with Crippen molar-refractivity contribution in [2.24, 2.45) is 0 Å². The van der Waals surface area contributed by atoms with Gasteiger partial charge in [0.1, 0.15) is 5.75 Å². The number of benzene rings is 2. The van der Waals surface area contributed by atoms with E-state index in [9.17, 15) is 14.7 Å². The van der Waals surface area contributed by atoms with Gasteiger partial charge in [0, 0.05) is 34.3 Å². The summed E-state index contributed by atoms with van der Waals surface area (Å²) < 4.78 is 1.37. The van der Waals surface area contributed by atoms with E-state index in [1.54, 1.807) is 36.4 Å². The molecule has 154 valence electrons. The first kappa shape index (κ1) is 20.0. The maximum absolute atomic E-state index is 12.5. The van der Waals surface area contributed by atoms with Crippen molar-refractivity contribution in [3.8, 4) is 17.0 Å². The number of anilines is 1. The fourth-order valence-corrected chi connectivity index (χ4v) is 3.34.